The highest BCUT2D eigenvalue weighted by Crippen LogP contribution is 2.09. The van der Waals surface area contributed by atoms with Gasteiger partial charge in [0, 0.05) is 7.05 Å². The lowest BCUT2D eigenvalue weighted by atomic mass is 10.2. The lowest BCUT2D eigenvalue weighted by Crippen LogP contribution is -2.47. The van der Waals surface area contributed by atoms with Crippen molar-refractivity contribution in [3.05, 3.63) is 0 Å². The second-order valence-electron chi connectivity index (χ2n) is 2.59. The van der Waals surface area contributed by atoms with Crippen LogP contribution in [0.5, 0.6) is 0 Å². The SMILES string of the molecule is CN1C=NC2C(=N)NC(=O)N=C21. The molecule has 0 radical (unpaired) electrons. The number of hydrogen-bond acceptors (Lipinski definition) is 4. The second kappa shape index (κ2) is 2.13. The number of fused-ring (bicyclic) bond motifs is 1. The number of rotatable bonds is 0. The molecule has 0 aliphatic carbocycles. The molecule has 2 rings (SSSR count). The minimum absolute atomic E-state index is 0.0885. The van der Waals surface area contributed by atoms with Crippen molar-refractivity contribution in [2.24, 2.45) is 9.98 Å². The molecule has 62 valence electrons. The monoisotopic (exact) mass is 165 g/mol. The van der Waals surface area contributed by atoms with Crippen LogP contribution in [0.2, 0.25) is 0 Å². The highest BCUT2D eigenvalue weighted by atomic mass is 16.2. The second-order valence-corrected chi connectivity index (χ2v) is 2.59. The zero-order chi connectivity index (χ0) is 8.72. The number of aliphatic imine (C=N–C) groups is 2. The van der Waals surface area contributed by atoms with E-state index in [0.29, 0.717) is 5.84 Å². The first-order chi connectivity index (χ1) is 5.68. The summed E-state index contributed by atoms with van der Waals surface area (Å²) in [7, 11) is 1.74. The van der Waals surface area contributed by atoms with E-state index in [4.69, 9.17) is 5.41 Å². The Morgan fingerprint density at radius 2 is 2.50 bits per heavy atom. The average molecular weight is 165 g/mol. The van der Waals surface area contributed by atoms with Gasteiger partial charge in [-0.25, -0.2) is 4.79 Å². The molecule has 6 heteroatoms. The summed E-state index contributed by atoms with van der Waals surface area (Å²) in [4.78, 5) is 20.2. The van der Waals surface area contributed by atoms with E-state index in [1.54, 1.807) is 18.3 Å². The fourth-order valence-corrected chi connectivity index (χ4v) is 1.14. The third-order valence-corrected chi connectivity index (χ3v) is 1.73. The van der Waals surface area contributed by atoms with Crippen LogP contribution >= 0.6 is 0 Å². The number of amidine groups is 2. The molecule has 2 amide bonds. The molecule has 6 nitrogen and oxygen atoms in total. The van der Waals surface area contributed by atoms with Crippen LogP contribution in [0, 0.1) is 5.41 Å². The number of nitrogens with zero attached hydrogens (tertiary/aromatic N) is 3. The van der Waals surface area contributed by atoms with E-state index in [0.717, 1.165) is 0 Å². The van der Waals surface area contributed by atoms with Gasteiger partial charge in [-0.3, -0.25) is 15.7 Å². The molecule has 2 aliphatic rings. The summed E-state index contributed by atoms with van der Waals surface area (Å²) in [6.45, 7) is 0. The number of carbonyl (C=O) groups is 1. The highest BCUT2D eigenvalue weighted by molar-refractivity contribution is 6.23. The largest absolute Gasteiger partial charge is 0.348 e. The third-order valence-electron chi connectivity index (χ3n) is 1.73. The first-order valence-electron chi connectivity index (χ1n) is 3.42. The van der Waals surface area contributed by atoms with E-state index in [9.17, 15) is 4.79 Å². The zero-order valence-corrected chi connectivity index (χ0v) is 6.40. The van der Waals surface area contributed by atoms with Gasteiger partial charge in [-0.15, -0.1) is 0 Å². The smallest absolute Gasteiger partial charge is 0.322 e. The van der Waals surface area contributed by atoms with Crippen molar-refractivity contribution in [2.75, 3.05) is 7.05 Å². The highest BCUT2D eigenvalue weighted by Gasteiger charge is 2.32. The quantitative estimate of drug-likeness (QED) is 0.504. The Morgan fingerprint density at radius 3 is 3.25 bits per heavy atom. The van der Waals surface area contributed by atoms with E-state index in [-0.39, 0.29) is 5.84 Å². The summed E-state index contributed by atoms with van der Waals surface area (Å²) in [6.07, 6.45) is 1.55. The van der Waals surface area contributed by atoms with Crippen molar-refractivity contribution in [3.63, 3.8) is 0 Å². The Hall–Kier alpha value is -1.72. The number of hydrogen-bond donors (Lipinski definition) is 2. The first-order valence-corrected chi connectivity index (χ1v) is 3.42. The molecule has 12 heavy (non-hydrogen) atoms. The lowest BCUT2D eigenvalue weighted by Gasteiger charge is -2.18. The normalized spacial score (nSPS) is 26.9. The summed E-state index contributed by atoms with van der Waals surface area (Å²) in [5, 5.41) is 9.67. The summed E-state index contributed by atoms with van der Waals surface area (Å²) in [6, 6.07) is -0.906. The van der Waals surface area contributed by atoms with Gasteiger partial charge in [0.1, 0.15) is 11.7 Å². The van der Waals surface area contributed by atoms with Crippen LogP contribution in [0.4, 0.5) is 4.79 Å². The van der Waals surface area contributed by atoms with E-state index < -0.39 is 12.1 Å². The predicted molar refractivity (Wildman–Crippen MR) is 43.7 cm³/mol. The molecule has 1 unspecified atom stereocenters. The van der Waals surface area contributed by atoms with Crippen LogP contribution in [0.15, 0.2) is 9.98 Å². The number of likely N-dealkylation sites (N-methyl/N-ethyl adjacent to an activating group) is 1. The van der Waals surface area contributed by atoms with Gasteiger partial charge in [-0.2, -0.15) is 4.99 Å². The molecule has 0 saturated heterocycles. The van der Waals surface area contributed by atoms with Crippen LogP contribution in [0.3, 0.4) is 0 Å². The molecule has 0 bridgehead atoms. The molecule has 1 atom stereocenters. The number of nitrogens with one attached hydrogen (secondary N) is 2. The van der Waals surface area contributed by atoms with Gasteiger partial charge in [0.15, 0.2) is 6.04 Å². The Morgan fingerprint density at radius 1 is 1.75 bits per heavy atom. The van der Waals surface area contributed by atoms with Crippen LogP contribution in [0.1, 0.15) is 0 Å². The van der Waals surface area contributed by atoms with Crippen molar-refractivity contribution in [1.29, 1.82) is 5.41 Å². The Labute approximate surface area is 68.5 Å². The number of urea groups is 1. The Balaban J connectivity index is 2.42. The summed E-state index contributed by atoms with van der Waals surface area (Å²) < 4.78 is 0. The molecule has 0 saturated carbocycles. The topological polar surface area (TPSA) is 80.9 Å². The summed E-state index contributed by atoms with van der Waals surface area (Å²) in [5.74, 6) is 0.606. The predicted octanol–water partition coefficient (Wildman–Crippen LogP) is -0.572. The van der Waals surface area contributed by atoms with E-state index in [2.05, 4.69) is 15.3 Å². The maximum atomic E-state index is 10.8. The van der Waals surface area contributed by atoms with Crippen molar-refractivity contribution >= 4 is 24.0 Å². The van der Waals surface area contributed by atoms with Gasteiger partial charge < -0.3 is 4.90 Å². The molecular weight excluding hydrogens is 158 g/mol. The summed E-state index contributed by atoms with van der Waals surface area (Å²) in [5.41, 5.74) is 0. The van der Waals surface area contributed by atoms with Crippen LogP contribution < -0.4 is 5.32 Å². The fraction of sp³-hybridized carbons (Fsp3) is 0.333. The maximum absolute atomic E-state index is 10.8. The van der Waals surface area contributed by atoms with E-state index >= 15 is 0 Å². The molecule has 0 aromatic carbocycles. The standard InChI is InChI=1S/C6H7N5O/c1-11-2-8-3-4(7)9-6(12)10-5(3)11/h2-3H,1H3,(H2,7,9,12). The van der Waals surface area contributed by atoms with Gasteiger partial charge >= 0.3 is 6.03 Å². The van der Waals surface area contributed by atoms with Gasteiger partial charge in [0.2, 0.25) is 0 Å². The van der Waals surface area contributed by atoms with Crippen LogP contribution in [-0.4, -0.2) is 42.0 Å². The van der Waals surface area contributed by atoms with Gasteiger partial charge in [0.05, 0.1) is 6.34 Å². The zero-order valence-electron chi connectivity index (χ0n) is 6.40. The van der Waals surface area contributed by atoms with Crippen LogP contribution in [-0.2, 0) is 0 Å². The Kier molecular flexibility index (Phi) is 1.24. The van der Waals surface area contributed by atoms with Gasteiger partial charge in [-0.1, -0.05) is 0 Å². The lowest BCUT2D eigenvalue weighted by molar-refractivity contribution is 0.252. The summed E-state index contributed by atoms with van der Waals surface area (Å²) >= 11 is 0. The minimum Gasteiger partial charge on any atom is -0.322 e. The maximum Gasteiger partial charge on any atom is 0.348 e. The van der Waals surface area contributed by atoms with Gasteiger partial charge in [-0.05, 0) is 0 Å². The molecule has 2 heterocycles. The van der Waals surface area contributed by atoms with E-state index in [1.165, 1.54) is 0 Å². The molecule has 2 aliphatic heterocycles. The molecule has 0 fully saturated rings. The molecule has 0 aromatic rings. The van der Waals surface area contributed by atoms with Crippen molar-refractivity contribution in [1.82, 2.24) is 10.2 Å². The van der Waals surface area contributed by atoms with Crippen molar-refractivity contribution in [2.45, 2.75) is 6.04 Å². The van der Waals surface area contributed by atoms with Crippen LogP contribution in [0.25, 0.3) is 0 Å². The molecule has 2 N–H and O–H groups in total. The molecular formula is C6H7N5O. The van der Waals surface area contributed by atoms with Crippen molar-refractivity contribution < 1.29 is 4.79 Å². The molecule has 0 aromatic heterocycles. The minimum atomic E-state index is -0.497. The Bertz CT molecular complexity index is 318. The average Bonchev–Trinajstić information content (AvgIpc) is 2.33. The first kappa shape index (κ1) is 6.96. The van der Waals surface area contributed by atoms with E-state index in [1.807, 2.05) is 0 Å². The van der Waals surface area contributed by atoms with Crippen molar-refractivity contribution in [3.8, 4) is 0 Å². The number of carbonyl (C=O) groups excluding carboxylic acids is 1. The fourth-order valence-electron chi connectivity index (χ4n) is 1.14. The van der Waals surface area contributed by atoms with Gasteiger partial charge in [0.25, 0.3) is 0 Å². The molecule has 0 spiro atoms. The number of amides is 2. The third kappa shape index (κ3) is 0.810.